The van der Waals surface area contributed by atoms with Crippen molar-refractivity contribution in [2.24, 2.45) is 17.3 Å². The van der Waals surface area contributed by atoms with Gasteiger partial charge in [0, 0.05) is 0 Å². The quantitative estimate of drug-likeness (QED) is 0.478. The van der Waals surface area contributed by atoms with Crippen molar-refractivity contribution in [2.45, 2.75) is 46.0 Å². The second-order valence-electron chi connectivity index (χ2n) is 5.02. The third kappa shape index (κ3) is 1.22. The van der Waals surface area contributed by atoms with Crippen molar-refractivity contribution in [1.82, 2.24) is 0 Å². The van der Waals surface area contributed by atoms with E-state index in [1.54, 1.807) is 0 Å². The predicted octanol–water partition coefficient (Wildman–Crippen LogP) is 3.78. The fourth-order valence-corrected chi connectivity index (χ4v) is 3.23. The summed E-state index contributed by atoms with van der Waals surface area (Å²) in [6, 6.07) is 0. The fourth-order valence-electron chi connectivity index (χ4n) is 3.23. The van der Waals surface area contributed by atoms with Crippen molar-refractivity contribution >= 4 is 0 Å². The van der Waals surface area contributed by atoms with Crippen LogP contribution in [-0.2, 0) is 0 Å². The molecule has 0 nitrogen and oxygen atoms in total. The molecule has 68 valence electrons. The van der Waals surface area contributed by atoms with Crippen LogP contribution in [0, 0.1) is 17.3 Å². The van der Waals surface area contributed by atoms with E-state index in [0.29, 0.717) is 5.41 Å². The summed E-state index contributed by atoms with van der Waals surface area (Å²) in [5, 5.41) is 0. The Morgan fingerprint density at radius 1 is 1.33 bits per heavy atom. The number of allylic oxidation sites excluding steroid dienone is 2. The number of fused-ring (bicyclic) bond motifs is 1. The monoisotopic (exact) mass is 164 g/mol. The highest BCUT2D eigenvalue weighted by atomic mass is 14.4. The summed E-state index contributed by atoms with van der Waals surface area (Å²) in [7, 11) is 0. The van der Waals surface area contributed by atoms with Gasteiger partial charge in [-0.15, -0.1) is 0 Å². The van der Waals surface area contributed by atoms with E-state index in [4.69, 9.17) is 0 Å². The van der Waals surface area contributed by atoms with Gasteiger partial charge in [0.1, 0.15) is 0 Å². The molecule has 0 aromatic heterocycles. The Balaban J connectivity index is 2.22. The largest absolute Gasteiger partial charge is 0.0882 e. The lowest BCUT2D eigenvalue weighted by Crippen LogP contribution is -2.36. The molecule has 1 saturated carbocycles. The minimum Gasteiger partial charge on any atom is -0.0882 e. The number of rotatable bonds is 0. The first kappa shape index (κ1) is 8.34. The zero-order valence-electron chi connectivity index (χ0n) is 8.34. The molecule has 3 atom stereocenters. The van der Waals surface area contributed by atoms with Gasteiger partial charge >= 0.3 is 0 Å². The molecule has 0 heteroatoms. The van der Waals surface area contributed by atoms with E-state index in [1.165, 1.54) is 32.1 Å². The molecule has 2 aliphatic rings. The lowest BCUT2D eigenvalue weighted by Gasteiger charge is -2.46. The van der Waals surface area contributed by atoms with Crippen LogP contribution in [0.5, 0.6) is 0 Å². The number of hydrogen-bond donors (Lipinski definition) is 0. The van der Waals surface area contributed by atoms with Gasteiger partial charge in [-0.2, -0.15) is 0 Å². The van der Waals surface area contributed by atoms with E-state index in [0.717, 1.165) is 11.8 Å². The lowest BCUT2D eigenvalue weighted by atomic mass is 9.59. The Bertz CT molecular complexity index is 192. The van der Waals surface area contributed by atoms with E-state index in [-0.39, 0.29) is 0 Å². The molecular weight excluding hydrogens is 144 g/mol. The second kappa shape index (κ2) is 2.90. The van der Waals surface area contributed by atoms with Crippen molar-refractivity contribution in [3.8, 4) is 0 Å². The smallest absolute Gasteiger partial charge is 0.0154 e. The molecule has 0 spiro atoms. The molecule has 0 heterocycles. The van der Waals surface area contributed by atoms with Crippen molar-refractivity contribution in [3.63, 3.8) is 0 Å². The van der Waals surface area contributed by atoms with Gasteiger partial charge in [-0.1, -0.05) is 38.8 Å². The summed E-state index contributed by atoms with van der Waals surface area (Å²) < 4.78 is 0. The molecule has 0 amide bonds. The van der Waals surface area contributed by atoms with Gasteiger partial charge in [-0.05, 0) is 36.5 Å². The van der Waals surface area contributed by atoms with Crippen LogP contribution in [0.15, 0.2) is 12.2 Å². The summed E-state index contributed by atoms with van der Waals surface area (Å²) in [5.74, 6) is 1.82. The maximum atomic E-state index is 2.50. The highest BCUT2D eigenvalue weighted by Gasteiger charge is 2.39. The second-order valence-corrected chi connectivity index (χ2v) is 5.02. The first-order chi connectivity index (χ1) is 5.72. The van der Waals surface area contributed by atoms with Gasteiger partial charge in [-0.25, -0.2) is 0 Å². The minimum atomic E-state index is 0.659. The Labute approximate surface area is 76.1 Å². The molecule has 0 saturated heterocycles. The van der Waals surface area contributed by atoms with Crippen molar-refractivity contribution < 1.29 is 0 Å². The molecule has 0 aromatic rings. The van der Waals surface area contributed by atoms with Gasteiger partial charge in [0.25, 0.3) is 0 Å². The minimum absolute atomic E-state index is 0.659. The van der Waals surface area contributed by atoms with Crippen molar-refractivity contribution in [1.29, 1.82) is 0 Å². The molecule has 0 radical (unpaired) electrons. The Morgan fingerprint density at radius 3 is 2.92 bits per heavy atom. The summed E-state index contributed by atoms with van der Waals surface area (Å²) in [6.45, 7) is 4.93. The van der Waals surface area contributed by atoms with Crippen LogP contribution >= 0.6 is 0 Å². The maximum absolute atomic E-state index is 2.50. The lowest BCUT2D eigenvalue weighted by molar-refractivity contribution is 0.0859. The summed E-state index contributed by atoms with van der Waals surface area (Å²) in [5.41, 5.74) is 0.659. The van der Waals surface area contributed by atoms with Gasteiger partial charge in [0.2, 0.25) is 0 Å². The van der Waals surface area contributed by atoms with Crippen LogP contribution in [-0.4, -0.2) is 0 Å². The van der Waals surface area contributed by atoms with Gasteiger partial charge in [0.15, 0.2) is 0 Å². The summed E-state index contributed by atoms with van der Waals surface area (Å²) in [6.07, 6.45) is 12.0. The first-order valence-electron chi connectivity index (χ1n) is 5.39. The van der Waals surface area contributed by atoms with E-state index in [9.17, 15) is 0 Å². The van der Waals surface area contributed by atoms with Crippen molar-refractivity contribution in [2.75, 3.05) is 0 Å². The first-order valence-corrected chi connectivity index (χ1v) is 5.39. The molecule has 0 aromatic carbocycles. The molecule has 0 N–H and O–H groups in total. The molecule has 0 unspecified atom stereocenters. The molecule has 0 bridgehead atoms. The normalized spacial score (nSPS) is 47.2. The van der Waals surface area contributed by atoms with Crippen LogP contribution in [0.1, 0.15) is 46.0 Å². The molecule has 1 fully saturated rings. The van der Waals surface area contributed by atoms with Crippen LogP contribution in [0.4, 0.5) is 0 Å². The molecule has 2 rings (SSSR count). The predicted molar refractivity (Wildman–Crippen MR) is 53.0 cm³/mol. The molecule has 2 aliphatic carbocycles. The Hall–Kier alpha value is -0.260. The van der Waals surface area contributed by atoms with E-state index in [2.05, 4.69) is 26.0 Å². The highest BCUT2D eigenvalue weighted by Crippen LogP contribution is 2.49. The fraction of sp³-hybridized carbons (Fsp3) is 0.833. The Morgan fingerprint density at radius 2 is 2.17 bits per heavy atom. The molecule has 0 aliphatic heterocycles. The van der Waals surface area contributed by atoms with Gasteiger partial charge < -0.3 is 0 Å². The van der Waals surface area contributed by atoms with Crippen LogP contribution in [0.2, 0.25) is 0 Å². The topological polar surface area (TPSA) is 0 Å². The zero-order chi connectivity index (χ0) is 8.60. The maximum Gasteiger partial charge on any atom is -0.0154 e. The number of hydrogen-bond acceptors (Lipinski definition) is 0. The zero-order valence-corrected chi connectivity index (χ0v) is 8.34. The van der Waals surface area contributed by atoms with Crippen LogP contribution < -0.4 is 0 Å². The van der Waals surface area contributed by atoms with Crippen LogP contribution in [0.25, 0.3) is 0 Å². The average Bonchev–Trinajstić information content (AvgIpc) is 2.04. The third-order valence-corrected chi connectivity index (χ3v) is 4.05. The molecule has 12 heavy (non-hydrogen) atoms. The van der Waals surface area contributed by atoms with Crippen LogP contribution in [0.3, 0.4) is 0 Å². The third-order valence-electron chi connectivity index (χ3n) is 4.05. The SMILES string of the molecule is C[C@H]1CCC[C@@]2(C)CCC=C[C@@H]12. The standard InChI is InChI=1S/C12H20/c1-10-6-5-9-12(2)8-4-3-7-11(10)12/h3,7,10-11H,4-6,8-9H2,1-2H3/t10-,11-,12+/m0/s1. The van der Waals surface area contributed by atoms with E-state index >= 15 is 0 Å². The summed E-state index contributed by atoms with van der Waals surface area (Å²) in [4.78, 5) is 0. The van der Waals surface area contributed by atoms with Gasteiger partial charge in [-0.3, -0.25) is 0 Å². The average molecular weight is 164 g/mol. The van der Waals surface area contributed by atoms with Crippen molar-refractivity contribution in [3.05, 3.63) is 12.2 Å². The van der Waals surface area contributed by atoms with Gasteiger partial charge in [0.05, 0.1) is 0 Å². The van der Waals surface area contributed by atoms with E-state index < -0.39 is 0 Å². The summed E-state index contributed by atoms with van der Waals surface area (Å²) >= 11 is 0. The van der Waals surface area contributed by atoms with E-state index in [1.807, 2.05) is 0 Å². The Kier molecular flexibility index (Phi) is 2.02. The highest BCUT2D eigenvalue weighted by molar-refractivity contribution is 5.05. The molecular formula is C12H20.